The topological polar surface area (TPSA) is 78.5 Å². The summed E-state index contributed by atoms with van der Waals surface area (Å²) in [6, 6.07) is 4.68. The lowest BCUT2D eigenvalue weighted by atomic mass is 10.0. The maximum Gasteiger partial charge on any atom is 0.157 e. The van der Waals surface area contributed by atoms with E-state index in [4.69, 9.17) is 10.9 Å². The van der Waals surface area contributed by atoms with Gasteiger partial charge in [-0.3, -0.25) is 11.3 Å². The van der Waals surface area contributed by atoms with Crippen LogP contribution in [0.4, 0.5) is 0 Å². The Morgan fingerprint density at radius 3 is 2.54 bits per heavy atom. The maximum absolute atomic E-state index is 9.22. The second kappa shape index (κ2) is 4.11. The van der Waals surface area contributed by atoms with Gasteiger partial charge in [0.25, 0.3) is 0 Å². The van der Waals surface area contributed by atoms with Crippen molar-refractivity contribution in [2.45, 2.75) is 19.4 Å². The highest BCUT2D eigenvalue weighted by molar-refractivity contribution is 5.41. The Kier molecular flexibility index (Phi) is 3.11. The number of hydrogen-bond acceptors (Lipinski definition) is 4. The molecule has 1 aromatic carbocycles. The highest BCUT2D eigenvalue weighted by Crippen LogP contribution is 2.28. The van der Waals surface area contributed by atoms with Crippen LogP contribution in [0, 0.1) is 0 Å². The molecule has 0 aliphatic carbocycles. The summed E-state index contributed by atoms with van der Waals surface area (Å²) < 4.78 is 0. The number of aromatic hydroxyl groups is 2. The molecule has 0 unspecified atom stereocenters. The fraction of sp³-hybridized carbons (Fsp3) is 0.333. The maximum atomic E-state index is 9.22. The van der Waals surface area contributed by atoms with E-state index in [9.17, 15) is 5.11 Å². The van der Waals surface area contributed by atoms with Crippen molar-refractivity contribution >= 4 is 0 Å². The van der Waals surface area contributed by atoms with E-state index in [1.807, 2.05) is 6.92 Å². The van der Waals surface area contributed by atoms with Crippen LogP contribution in [0.15, 0.2) is 18.2 Å². The van der Waals surface area contributed by atoms with Crippen LogP contribution in [-0.2, 0) is 0 Å². The second-order valence-corrected chi connectivity index (χ2v) is 2.88. The fourth-order valence-electron chi connectivity index (χ4n) is 1.21. The lowest BCUT2D eigenvalue weighted by molar-refractivity contribution is 0.401. The smallest absolute Gasteiger partial charge is 0.157 e. The minimum Gasteiger partial charge on any atom is -0.504 e. The SMILES string of the molecule is CC[C@H](NN)c1ccc(O)c(O)c1. The quantitative estimate of drug-likeness (QED) is 0.319. The van der Waals surface area contributed by atoms with Crippen molar-refractivity contribution in [3.05, 3.63) is 23.8 Å². The monoisotopic (exact) mass is 182 g/mol. The average molecular weight is 182 g/mol. The zero-order valence-electron chi connectivity index (χ0n) is 7.49. The highest BCUT2D eigenvalue weighted by Gasteiger charge is 2.08. The molecule has 0 radical (unpaired) electrons. The van der Waals surface area contributed by atoms with Gasteiger partial charge >= 0.3 is 0 Å². The van der Waals surface area contributed by atoms with Gasteiger partial charge in [-0.15, -0.1) is 0 Å². The number of benzene rings is 1. The van der Waals surface area contributed by atoms with Crippen molar-refractivity contribution in [3.63, 3.8) is 0 Å². The van der Waals surface area contributed by atoms with Crippen molar-refractivity contribution in [2.24, 2.45) is 5.84 Å². The highest BCUT2D eigenvalue weighted by atomic mass is 16.3. The molecule has 0 spiro atoms. The molecule has 0 saturated carbocycles. The van der Waals surface area contributed by atoms with Crippen LogP contribution >= 0.6 is 0 Å². The first-order valence-corrected chi connectivity index (χ1v) is 4.17. The van der Waals surface area contributed by atoms with Gasteiger partial charge in [0.15, 0.2) is 11.5 Å². The Labute approximate surface area is 77.0 Å². The third kappa shape index (κ3) is 2.11. The summed E-state index contributed by atoms with van der Waals surface area (Å²) in [7, 11) is 0. The van der Waals surface area contributed by atoms with Gasteiger partial charge < -0.3 is 10.2 Å². The predicted octanol–water partition coefficient (Wildman–Crippen LogP) is 1.01. The molecule has 0 aliphatic rings. The van der Waals surface area contributed by atoms with Gasteiger partial charge in [-0.25, -0.2) is 0 Å². The van der Waals surface area contributed by atoms with Gasteiger partial charge in [0.2, 0.25) is 0 Å². The van der Waals surface area contributed by atoms with Gasteiger partial charge in [0.1, 0.15) is 0 Å². The lowest BCUT2D eigenvalue weighted by Crippen LogP contribution is -2.27. The zero-order chi connectivity index (χ0) is 9.84. The van der Waals surface area contributed by atoms with Crippen LogP contribution in [0.2, 0.25) is 0 Å². The second-order valence-electron chi connectivity index (χ2n) is 2.88. The molecule has 1 rings (SSSR count). The molecule has 1 aromatic rings. The van der Waals surface area contributed by atoms with Crippen molar-refractivity contribution in [1.29, 1.82) is 0 Å². The first-order valence-electron chi connectivity index (χ1n) is 4.17. The van der Waals surface area contributed by atoms with E-state index in [2.05, 4.69) is 5.43 Å². The lowest BCUT2D eigenvalue weighted by Gasteiger charge is -2.14. The number of nitrogens with two attached hydrogens (primary N) is 1. The van der Waals surface area contributed by atoms with Gasteiger partial charge in [-0.1, -0.05) is 13.0 Å². The Morgan fingerprint density at radius 2 is 2.08 bits per heavy atom. The van der Waals surface area contributed by atoms with Gasteiger partial charge in [0.05, 0.1) is 0 Å². The van der Waals surface area contributed by atoms with Crippen LogP contribution in [-0.4, -0.2) is 10.2 Å². The number of phenolic OH excluding ortho intramolecular Hbond substituents is 2. The fourth-order valence-corrected chi connectivity index (χ4v) is 1.21. The van der Waals surface area contributed by atoms with E-state index in [0.717, 1.165) is 12.0 Å². The minimum atomic E-state index is -0.119. The standard InChI is InChI=1S/C9H14N2O2/c1-2-7(11-10)6-3-4-8(12)9(13)5-6/h3-5,7,11-13H,2,10H2,1H3/t7-/m0/s1. The Morgan fingerprint density at radius 1 is 1.38 bits per heavy atom. The molecule has 0 aliphatic heterocycles. The van der Waals surface area contributed by atoms with Gasteiger partial charge in [-0.2, -0.15) is 0 Å². The molecule has 72 valence electrons. The van der Waals surface area contributed by atoms with Crippen LogP contribution in [0.25, 0.3) is 0 Å². The number of phenols is 2. The molecule has 0 amide bonds. The number of rotatable bonds is 3. The van der Waals surface area contributed by atoms with Gasteiger partial charge in [0, 0.05) is 6.04 Å². The molecule has 0 saturated heterocycles. The summed E-state index contributed by atoms with van der Waals surface area (Å²) in [4.78, 5) is 0. The van der Waals surface area contributed by atoms with Crippen molar-refractivity contribution < 1.29 is 10.2 Å². The molecule has 1 atom stereocenters. The Bertz CT molecular complexity index is 285. The van der Waals surface area contributed by atoms with E-state index >= 15 is 0 Å². The van der Waals surface area contributed by atoms with Crippen LogP contribution in [0.1, 0.15) is 24.9 Å². The van der Waals surface area contributed by atoms with Crippen molar-refractivity contribution in [3.8, 4) is 11.5 Å². The first-order chi connectivity index (χ1) is 6.19. The van der Waals surface area contributed by atoms with Gasteiger partial charge in [-0.05, 0) is 24.1 Å². The minimum absolute atomic E-state index is 0.00602. The normalized spacial score (nSPS) is 12.8. The summed E-state index contributed by atoms with van der Waals surface area (Å²) >= 11 is 0. The molecule has 0 heterocycles. The average Bonchev–Trinajstić information content (AvgIpc) is 2.13. The Hall–Kier alpha value is -1.26. The number of hydrogen-bond donors (Lipinski definition) is 4. The molecular weight excluding hydrogens is 168 g/mol. The summed E-state index contributed by atoms with van der Waals surface area (Å²) in [5.74, 6) is 5.07. The summed E-state index contributed by atoms with van der Waals surface area (Å²) in [6.45, 7) is 1.98. The predicted molar refractivity (Wildman–Crippen MR) is 50.1 cm³/mol. The largest absolute Gasteiger partial charge is 0.504 e. The third-order valence-corrected chi connectivity index (χ3v) is 2.01. The number of nitrogens with one attached hydrogen (secondary N) is 1. The van der Waals surface area contributed by atoms with Crippen molar-refractivity contribution in [1.82, 2.24) is 5.43 Å². The molecular formula is C9H14N2O2. The van der Waals surface area contributed by atoms with E-state index in [1.165, 1.54) is 12.1 Å². The van der Waals surface area contributed by atoms with E-state index < -0.39 is 0 Å². The van der Waals surface area contributed by atoms with E-state index in [-0.39, 0.29) is 17.5 Å². The van der Waals surface area contributed by atoms with E-state index in [0.29, 0.717) is 0 Å². The molecule has 13 heavy (non-hydrogen) atoms. The third-order valence-electron chi connectivity index (χ3n) is 2.01. The summed E-state index contributed by atoms with van der Waals surface area (Å²) in [6.07, 6.45) is 0.820. The Balaban J connectivity index is 2.95. The zero-order valence-corrected chi connectivity index (χ0v) is 7.49. The molecule has 5 N–H and O–H groups in total. The summed E-state index contributed by atoms with van der Waals surface area (Å²) in [5, 5.41) is 18.3. The van der Waals surface area contributed by atoms with E-state index in [1.54, 1.807) is 6.07 Å². The molecule has 0 bridgehead atoms. The van der Waals surface area contributed by atoms with Crippen LogP contribution < -0.4 is 11.3 Å². The molecule has 0 fully saturated rings. The molecule has 4 nitrogen and oxygen atoms in total. The van der Waals surface area contributed by atoms with Crippen LogP contribution in [0.5, 0.6) is 11.5 Å². The summed E-state index contributed by atoms with van der Waals surface area (Å²) in [5.41, 5.74) is 3.48. The van der Waals surface area contributed by atoms with Crippen LogP contribution in [0.3, 0.4) is 0 Å². The molecule has 0 aromatic heterocycles. The molecule has 4 heteroatoms. The first kappa shape index (κ1) is 9.83. The van der Waals surface area contributed by atoms with Crippen molar-refractivity contribution in [2.75, 3.05) is 0 Å². The number of hydrazine groups is 1.